The first-order valence-corrected chi connectivity index (χ1v) is 4.88. The summed E-state index contributed by atoms with van der Waals surface area (Å²) in [5, 5.41) is 0.389. The Morgan fingerprint density at radius 3 is 2.42 bits per heavy atom. The zero-order chi connectivity index (χ0) is 9.35. The molecule has 0 saturated heterocycles. The highest BCUT2D eigenvalue weighted by Gasteiger charge is 2.14. The molecule has 0 atom stereocenters. The smallest absolute Gasteiger partial charge is 0.189 e. The second-order valence-corrected chi connectivity index (χ2v) is 4.10. The molecule has 0 aliphatic rings. The Bertz CT molecular complexity index is 400. The molecular weight excluding hydrogens is 203 g/mol. The number of hydrogen-bond acceptors (Lipinski definition) is 2. The summed E-state index contributed by atoms with van der Waals surface area (Å²) in [6.45, 7) is 1.48. The van der Waals surface area contributed by atoms with Crippen LogP contribution in [0.2, 0.25) is 5.02 Å². The summed E-state index contributed by atoms with van der Waals surface area (Å²) >= 11 is 5.55. The molecule has 0 aliphatic heterocycles. The van der Waals surface area contributed by atoms with Gasteiger partial charge in [-0.1, -0.05) is 11.6 Å². The lowest BCUT2D eigenvalue weighted by Gasteiger charge is -1.99. The Morgan fingerprint density at radius 1 is 1.42 bits per heavy atom. The second-order valence-electron chi connectivity index (χ2n) is 2.35. The zero-order valence-electron chi connectivity index (χ0n) is 6.21. The number of halogens is 2. The van der Waals surface area contributed by atoms with Gasteiger partial charge in [-0.15, -0.1) is 3.89 Å². The molecule has 5 heteroatoms. The molecule has 12 heavy (non-hydrogen) atoms. The minimum Gasteiger partial charge on any atom is -0.189 e. The fraction of sp³-hybridized carbons (Fsp3) is 0.143. The Balaban J connectivity index is 3.39. The maximum absolute atomic E-state index is 12.4. The molecule has 0 heterocycles. The van der Waals surface area contributed by atoms with E-state index in [0.717, 1.165) is 6.07 Å². The molecule has 1 rings (SSSR count). The highest BCUT2D eigenvalue weighted by Crippen LogP contribution is 2.20. The first-order valence-electron chi connectivity index (χ1n) is 3.12. The largest absolute Gasteiger partial charge is 0.332 e. The van der Waals surface area contributed by atoms with Gasteiger partial charge in [0.25, 0.3) is 0 Å². The molecule has 2 nitrogen and oxygen atoms in total. The summed E-state index contributed by atoms with van der Waals surface area (Å²) in [4.78, 5) is -0.327. The van der Waals surface area contributed by atoms with E-state index in [1.807, 2.05) is 0 Å². The summed E-state index contributed by atoms with van der Waals surface area (Å²) < 4.78 is 33.4. The monoisotopic (exact) mass is 208 g/mol. The van der Waals surface area contributed by atoms with Crippen molar-refractivity contribution in [2.45, 2.75) is 11.8 Å². The SMILES string of the molecule is Cc1cc(Cl)ccc1S(=O)(=O)F. The van der Waals surface area contributed by atoms with Crippen LogP contribution >= 0.6 is 11.6 Å². The first-order chi connectivity index (χ1) is 5.41. The van der Waals surface area contributed by atoms with Gasteiger partial charge in [-0.3, -0.25) is 0 Å². The van der Waals surface area contributed by atoms with Gasteiger partial charge in [0, 0.05) is 5.02 Å². The molecule has 0 aliphatic carbocycles. The van der Waals surface area contributed by atoms with Gasteiger partial charge in [0.2, 0.25) is 0 Å². The number of benzene rings is 1. The van der Waals surface area contributed by atoms with Crippen molar-refractivity contribution in [3.05, 3.63) is 28.8 Å². The van der Waals surface area contributed by atoms with E-state index in [2.05, 4.69) is 0 Å². The molecule has 66 valence electrons. The van der Waals surface area contributed by atoms with Crippen molar-refractivity contribution < 1.29 is 12.3 Å². The molecule has 1 aromatic carbocycles. The fourth-order valence-electron chi connectivity index (χ4n) is 0.886. The van der Waals surface area contributed by atoms with Crippen molar-refractivity contribution in [3.8, 4) is 0 Å². The van der Waals surface area contributed by atoms with Crippen LogP contribution in [0.15, 0.2) is 23.1 Å². The van der Waals surface area contributed by atoms with Crippen LogP contribution in [-0.4, -0.2) is 8.42 Å². The van der Waals surface area contributed by atoms with Crippen LogP contribution in [0.4, 0.5) is 3.89 Å². The Labute approximate surface area is 75.2 Å². The van der Waals surface area contributed by atoms with Crippen LogP contribution in [0.3, 0.4) is 0 Å². The Kier molecular flexibility index (Phi) is 2.39. The topological polar surface area (TPSA) is 34.1 Å². The summed E-state index contributed by atoms with van der Waals surface area (Å²) in [7, 11) is -4.61. The van der Waals surface area contributed by atoms with Crippen molar-refractivity contribution in [1.82, 2.24) is 0 Å². The van der Waals surface area contributed by atoms with Crippen molar-refractivity contribution >= 4 is 21.8 Å². The number of rotatable bonds is 1. The van der Waals surface area contributed by atoms with Gasteiger partial charge in [0.1, 0.15) is 4.90 Å². The van der Waals surface area contributed by atoms with Crippen LogP contribution in [0.1, 0.15) is 5.56 Å². The van der Waals surface area contributed by atoms with Crippen molar-refractivity contribution in [2.75, 3.05) is 0 Å². The molecule has 0 N–H and O–H groups in total. The summed E-state index contributed by atoms with van der Waals surface area (Å²) in [6.07, 6.45) is 0. The molecule has 0 fully saturated rings. The van der Waals surface area contributed by atoms with Crippen LogP contribution in [0.25, 0.3) is 0 Å². The second kappa shape index (κ2) is 3.03. The standard InChI is InChI=1S/C7H6ClFO2S/c1-5-4-6(8)2-3-7(5)12(9,10)11/h2-4H,1H3. The fourth-order valence-corrected chi connectivity index (χ4v) is 1.79. The molecule has 0 saturated carbocycles. The van der Waals surface area contributed by atoms with E-state index >= 15 is 0 Å². The average molecular weight is 209 g/mol. The zero-order valence-corrected chi connectivity index (χ0v) is 7.79. The number of hydrogen-bond donors (Lipinski definition) is 0. The van der Waals surface area contributed by atoms with E-state index in [4.69, 9.17) is 11.6 Å². The van der Waals surface area contributed by atoms with Gasteiger partial charge in [-0.05, 0) is 30.7 Å². The normalized spacial score (nSPS) is 11.6. The molecule has 0 unspecified atom stereocenters. The lowest BCUT2D eigenvalue weighted by atomic mass is 10.2. The third-order valence-corrected chi connectivity index (χ3v) is 2.62. The van der Waals surface area contributed by atoms with E-state index in [9.17, 15) is 12.3 Å². The summed E-state index contributed by atoms with van der Waals surface area (Å²) in [5.41, 5.74) is 0.310. The van der Waals surface area contributed by atoms with Gasteiger partial charge < -0.3 is 0 Å². The number of aryl methyl sites for hydroxylation is 1. The van der Waals surface area contributed by atoms with Gasteiger partial charge in [-0.25, -0.2) is 0 Å². The predicted molar refractivity (Wildman–Crippen MR) is 44.5 cm³/mol. The minimum atomic E-state index is -4.61. The molecule has 0 bridgehead atoms. The minimum absolute atomic E-state index is 0.310. The van der Waals surface area contributed by atoms with E-state index in [1.54, 1.807) is 0 Å². The highest BCUT2D eigenvalue weighted by atomic mass is 35.5. The van der Waals surface area contributed by atoms with Crippen molar-refractivity contribution in [3.63, 3.8) is 0 Å². The van der Waals surface area contributed by atoms with Crippen molar-refractivity contribution in [2.24, 2.45) is 0 Å². The lowest BCUT2D eigenvalue weighted by Crippen LogP contribution is -1.94. The molecule has 1 aromatic rings. The highest BCUT2D eigenvalue weighted by molar-refractivity contribution is 7.86. The van der Waals surface area contributed by atoms with Gasteiger partial charge >= 0.3 is 10.2 Å². The average Bonchev–Trinajstić information content (AvgIpc) is 1.83. The third-order valence-electron chi connectivity index (χ3n) is 1.40. The van der Waals surface area contributed by atoms with Crippen LogP contribution in [0, 0.1) is 6.92 Å². The molecule has 0 radical (unpaired) electrons. The first kappa shape index (κ1) is 9.48. The molecule has 0 aromatic heterocycles. The van der Waals surface area contributed by atoms with Gasteiger partial charge in [-0.2, -0.15) is 8.42 Å². The van der Waals surface area contributed by atoms with E-state index in [1.165, 1.54) is 19.1 Å². The third kappa shape index (κ3) is 1.95. The predicted octanol–water partition coefficient (Wildman–Crippen LogP) is 2.31. The quantitative estimate of drug-likeness (QED) is 0.664. The Hall–Kier alpha value is -0.610. The maximum atomic E-state index is 12.4. The summed E-state index contributed by atoms with van der Waals surface area (Å²) in [5.74, 6) is 0. The van der Waals surface area contributed by atoms with Gasteiger partial charge in [0.05, 0.1) is 0 Å². The molecule has 0 spiro atoms. The van der Waals surface area contributed by atoms with Crippen molar-refractivity contribution in [1.29, 1.82) is 0 Å². The Morgan fingerprint density at radius 2 is 2.00 bits per heavy atom. The van der Waals surface area contributed by atoms with E-state index in [-0.39, 0.29) is 4.90 Å². The maximum Gasteiger partial charge on any atom is 0.332 e. The molecule has 0 amide bonds. The van der Waals surface area contributed by atoms with Crippen LogP contribution in [-0.2, 0) is 10.2 Å². The lowest BCUT2D eigenvalue weighted by molar-refractivity contribution is 0.551. The van der Waals surface area contributed by atoms with Gasteiger partial charge in [0.15, 0.2) is 0 Å². The van der Waals surface area contributed by atoms with Crippen LogP contribution in [0.5, 0.6) is 0 Å². The van der Waals surface area contributed by atoms with E-state index in [0.29, 0.717) is 10.6 Å². The van der Waals surface area contributed by atoms with E-state index < -0.39 is 10.2 Å². The van der Waals surface area contributed by atoms with Crippen LogP contribution < -0.4 is 0 Å². The summed E-state index contributed by atoms with van der Waals surface area (Å²) in [6, 6.07) is 3.88. The molecular formula is C7H6ClFO2S.